The van der Waals surface area contributed by atoms with Crippen molar-refractivity contribution >= 4 is 34.7 Å². The number of hydrogen-bond acceptors (Lipinski definition) is 3. The standard InChI is InChI=1S/C13H12ClNS2/c14-10-5-6-16-13(10)12(15)9-7-17-11-4-2-1-3-8(9)11/h1-6,9,12H,7,15H2. The maximum atomic E-state index is 6.37. The van der Waals surface area contributed by atoms with E-state index >= 15 is 0 Å². The van der Waals surface area contributed by atoms with Gasteiger partial charge in [-0.1, -0.05) is 29.8 Å². The fourth-order valence-corrected chi connectivity index (χ4v) is 4.77. The Morgan fingerprint density at radius 1 is 1.29 bits per heavy atom. The second-order valence-corrected chi connectivity index (χ2v) is 6.53. The van der Waals surface area contributed by atoms with Crippen molar-refractivity contribution in [1.29, 1.82) is 0 Å². The molecule has 0 aliphatic carbocycles. The van der Waals surface area contributed by atoms with E-state index in [0.717, 1.165) is 15.7 Å². The smallest absolute Gasteiger partial charge is 0.0561 e. The van der Waals surface area contributed by atoms with E-state index in [1.807, 2.05) is 23.2 Å². The first-order valence-electron chi connectivity index (χ1n) is 5.47. The third-order valence-corrected chi connectivity index (χ3v) is 5.79. The first-order chi connectivity index (χ1) is 8.27. The summed E-state index contributed by atoms with van der Waals surface area (Å²) in [6, 6.07) is 10.5. The van der Waals surface area contributed by atoms with Gasteiger partial charge in [0.25, 0.3) is 0 Å². The SMILES string of the molecule is NC(c1sccc1Cl)C1CSc2ccccc21. The van der Waals surface area contributed by atoms with Crippen LogP contribution in [0.2, 0.25) is 5.02 Å². The molecule has 2 unspecified atom stereocenters. The van der Waals surface area contributed by atoms with Gasteiger partial charge in [0.15, 0.2) is 0 Å². The van der Waals surface area contributed by atoms with Gasteiger partial charge in [0.2, 0.25) is 0 Å². The maximum absolute atomic E-state index is 6.37. The third kappa shape index (κ3) is 2.02. The van der Waals surface area contributed by atoms with Crippen LogP contribution in [0.1, 0.15) is 22.4 Å². The zero-order valence-corrected chi connectivity index (χ0v) is 11.5. The number of benzene rings is 1. The molecule has 1 aliphatic rings. The lowest BCUT2D eigenvalue weighted by molar-refractivity contribution is 0.617. The predicted molar refractivity (Wildman–Crippen MR) is 76.2 cm³/mol. The molecule has 17 heavy (non-hydrogen) atoms. The Labute approximate surface area is 114 Å². The van der Waals surface area contributed by atoms with Gasteiger partial charge in [0.1, 0.15) is 0 Å². The predicted octanol–water partition coefficient (Wildman–Crippen LogP) is 4.29. The molecule has 3 rings (SSSR count). The van der Waals surface area contributed by atoms with Crippen LogP contribution < -0.4 is 5.73 Å². The van der Waals surface area contributed by atoms with Gasteiger partial charge in [-0.25, -0.2) is 0 Å². The molecule has 0 fully saturated rings. The molecule has 1 aliphatic heterocycles. The van der Waals surface area contributed by atoms with Gasteiger partial charge < -0.3 is 5.73 Å². The minimum atomic E-state index is 0.0126. The first-order valence-corrected chi connectivity index (χ1v) is 7.72. The number of halogens is 1. The average Bonchev–Trinajstić information content (AvgIpc) is 2.94. The summed E-state index contributed by atoms with van der Waals surface area (Å²) in [5, 5.41) is 2.81. The normalized spacial score (nSPS) is 20.2. The molecule has 0 spiro atoms. The van der Waals surface area contributed by atoms with Crippen molar-refractivity contribution in [2.75, 3.05) is 5.75 Å². The third-order valence-electron chi connectivity index (χ3n) is 3.12. The summed E-state index contributed by atoms with van der Waals surface area (Å²) in [6.45, 7) is 0. The summed E-state index contributed by atoms with van der Waals surface area (Å²) >= 11 is 9.71. The van der Waals surface area contributed by atoms with Crippen LogP contribution in [0.5, 0.6) is 0 Å². The zero-order valence-electron chi connectivity index (χ0n) is 9.10. The molecular weight excluding hydrogens is 270 g/mol. The lowest BCUT2D eigenvalue weighted by Gasteiger charge is -2.18. The summed E-state index contributed by atoms with van der Waals surface area (Å²) < 4.78 is 0. The van der Waals surface area contributed by atoms with Crippen molar-refractivity contribution in [2.24, 2.45) is 5.73 Å². The van der Waals surface area contributed by atoms with Crippen molar-refractivity contribution in [3.63, 3.8) is 0 Å². The zero-order chi connectivity index (χ0) is 11.8. The molecule has 88 valence electrons. The number of thioether (sulfide) groups is 1. The average molecular weight is 282 g/mol. The van der Waals surface area contributed by atoms with Gasteiger partial charge in [0, 0.05) is 27.5 Å². The van der Waals surface area contributed by atoms with Crippen LogP contribution in [0.25, 0.3) is 0 Å². The molecular formula is C13H12ClNS2. The quantitative estimate of drug-likeness (QED) is 0.889. The van der Waals surface area contributed by atoms with Crippen LogP contribution in [0, 0.1) is 0 Å². The number of hydrogen-bond donors (Lipinski definition) is 1. The molecule has 0 amide bonds. The lowest BCUT2D eigenvalue weighted by Crippen LogP contribution is -2.19. The summed E-state index contributed by atoms with van der Waals surface area (Å²) in [5.41, 5.74) is 7.74. The van der Waals surface area contributed by atoms with E-state index < -0.39 is 0 Å². The van der Waals surface area contributed by atoms with E-state index in [-0.39, 0.29) is 6.04 Å². The molecule has 2 heterocycles. The highest BCUT2D eigenvalue weighted by Gasteiger charge is 2.30. The molecule has 2 N–H and O–H groups in total. The molecule has 2 atom stereocenters. The number of nitrogens with two attached hydrogens (primary N) is 1. The van der Waals surface area contributed by atoms with E-state index in [1.54, 1.807) is 11.3 Å². The molecule has 1 aromatic heterocycles. The number of rotatable bonds is 2. The topological polar surface area (TPSA) is 26.0 Å². The minimum Gasteiger partial charge on any atom is -0.323 e. The summed E-state index contributed by atoms with van der Waals surface area (Å²) in [6.07, 6.45) is 0. The summed E-state index contributed by atoms with van der Waals surface area (Å²) in [7, 11) is 0. The highest BCUT2D eigenvalue weighted by Crippen LogP contribution is 2.46. The molecule has 0 saturated carbocycles. The van der Waals surface area contributed by atoms with E-state index in [1.165, 1.54) is 10.5 Å². The Balaban J connectivity index is 1.95. The van der Waals surface area contributed by atoms with Gasteiger partial charge in [-0.05, 0) is 23.1 Å². The second-order valence-electron chi connectivity index (χ2n) is 4.11. The van der Waals surface area contributed by atoms with Crippen LogP contribution in [0.3, 0.4) is 0 Å². The number of thiophene rings is 1. The highest BCUT2D eigenvalue weighted by atomic mass is 35.5. The van der Waals surface area contributed by atoms with Crippen LogP contribution in [-0.4, -0.2) is 5.75 Å². The van der Waals surface area contributed by atoms with Gasteiger partial charge in [-0.3, -0.25) is 0 Å². The highest BCUT2D eigenvalue weighted by molar-refractivity contribution is 7.99. The van der Waals surface area contributed by atoms with Crippen molar-refractivity contribution in [3.05, 3.63) is 51.2 Å². The van der Waals surface area contributed by atoms with E-state index in [0.29, 0.717) is 5.92 Å². The fraction of sp³-hybridized carbons (Fsp3) is 0.231. The summed E-state index contributed by atoms with van der Waals surface area (Å²) in [5.74, 6) is 1.43. The Morgan fingerprint density at radius 3 is 2.88 bits per heavy atom. The van der Waals surface area contributed by atoms with Crippen LogP contribution >= 0.6 is 34.7 Å². The molecule has 0 radical (unpaired) electrons. The van der Waals surface area contributed by atoms with Crippen LogP contribution in [-0.2, 0) is 0 Å². The second kappa shape index (κ2) is 4.65. The largest absolute Gasteiger partial charge is 0.323 e. The van der Waals surface area contributed by atoms with E-state index in [9.17, 15) is 0 Å². The lowest BCUT2D eigenvalue weighted by atomic mass is 9.93. The fourth-order valence-electron chi connectivity index (χ4n) is 2.21. The molecule has 1 nitrogen and oxygen atoms in total. The maximum Gasteiger partial charge on any atom is 0.0561 e. The molecule has 2 aromatic rings. The molecule has 1 aromatic carbocycles. The minimum absolute atomic E-state index is 0.0126. The Kier molecular flexibility index (Phi) is 3.17. The van der Waals surface area contributed by atoms with E-state index in [2.05, 4.69) is 24.3 Å². The van der Waals surface area contributed by atoms with Crippen molar-refractivity contribution in [2.45, 2.75) is 16.9 Å². The number of fused-ring (bicyclic) bond motifs is 1. The van der Waals surface area contributed by atoms with Gasteiger partial charge >= 0.3 is 0 Å². The summed E-state index contributed by atoms with van der Waals surface area (Å²) in [4.78, 5) is 2.47. The Hall–Kier alpha value is -0.480. The van der Waals surface area contributed by atoms with Gasteiger partial charge in [-0.15, -0.1) is 23.1 Å². The van der Waals surface area contributed by atoms with Crippen molar-refractivity contribution in [1.82, 2.24) is 0 Å². The molecule has 4 heteroatoms. The first kappa shape index (κ1) is 11.6. The van der Waals surface area contributed by atoms with Crippen LogP contribution in [0.15, 0.2) is 40.6 Å². The van der Waals surface area contributed by atoms with Gasteiger partial charge in [0.05, 0.1) is 5.02 Å². The Morgan fingerprint density at radius 2 is 2.12 bits per heavy atom. The Bertz CT molecular complexity index is 538. The monoisotopic (exact) mass is 281 g/mol. The molecule has 0 bridgehead atoms. The van der Waals surface area contributed by atoms with E-state index in [4.69, 9.17) is 17.3 Å². The molecule has 0 saturated heterocycles. The van der Waals surface area contributed by atoms with Gasteiger partial charge in [-0.2, -0.15) is 0 Å². The van der Waals surface area contributed by atoms with Crippen LogP contribution in [0.4, 0.5) is 0 Å². The van der Waals surface area contributed by atoms with Crippen molar-refractivity contribution < 1.29 is 0 Å². The van der Waals surface area contributed by atoms with Crippen molar-refractivity contribution in [3.8, 4) is 0 Å².